The Hall–Kier alpha value is -2.11. The summed E-state index contributed by atoms with van der Waals surface area (Å²) >= 11 is 0. The number of nitrogens with one attached hydrogen (secondary N) is 1. The summed E-state index contributed by atoms with van der Waals surface area (Å²) in [6, 6.07) is 3.45. The molecule has 0 spiro atoms. The predicted molar refractivity (Wildman–Crippen MR) is 76.6 cm³/mol. The maximum Gasteiger partial charge on any atom is 0.307 e. The first-order valence-electron chi connectivity index (χ1n) is 6.68. The number of hydrogen-bond donors (Lipinski definition) is 1. The highest BCUT2D eigenvalue weighted by molar-refractivity contribution is 5.93. The largest absolute Gasteiger partial charge is 0.469 e. The summed E-state index contributed by atoms with van der Waals surface area (Å²) in [5.74, 6) is -0.363. The molecular weight excluding hydrogens is 258 g/mol. The van der Waals surface area contributed by atoms with Crippen LogP contribution in [0.15, 0.2) is 18.3 Å². The standard InChI is InChI=1S/C14H21N3O3/c1-4-17(5-2)14(19)12-10-11(6-8-16-12)15-9-7-13(18)20-3/h6,8,10H,4-5,7,9H2,1-3H3,(H,15,16). The molecule has 110 valence electrons. The Labute approximate surface area is 119 Å². The number of amides is 1. The minimum Gasteiger partial charge on any atom is -0.469 e. The molecule has 0 atom stereocenters. The second-order valence-electron chi connectivity index (χ2n) is 4.16. The zero-order valence-corrected chi connectivity index (χ0v) is 12.2. The molecule has 0 saturated heterocycles. The molecule has 0 aliphatic rings. The molecule has 1 amide bonds. The lowest BCUT2D eigenvalue weighted by Gasteiger charge is -2.18. The lowest BCUT2D eigenvalue weighted by atomic mass is 10.2. The van der Waals surface area contributed by atoms with Crippen LogP contribution in [0.3, 0.4) is 0 Å². The van der Waals surface area contributed by atoms with Crippen molar-refractivity contribution in [3.8, 4) is 0 Å². The van der Waals surface area contributed by atoms with Gasteiger partial charge in [0.25, 0.3) is 5.91 Å². The summed E-state index contributed by atoms with van der Waals surface area (Å²) < 4.78 is 4.56. The van der Waals surface area contributed by atoms with E-state index in [1.54, 1.807) is 23.2 Å². The maximum absolute atomic E-state index is 12.1. The van der Waals surface area contributed by atoms with Crippen molar-refractivity contribution in [1.82, 2.24) is 9.88 Å². The van der Waals surface area contributed by atoms with E-state index in [0.29, 0.717) is 25.3 Å². The van der Waals surface area contributed by atoms with Gasteiger partial charge in [-0.15, -0.1) is 0 Å². The van der Waals surface area contributed by atoms with Crippen LogP contribution in [0.5, 0.6) is 0 Å². The van der Waals surface area contributed by atoms with Crippen LogP contribution in [0, 0.1) is 0 Å². The summed E-state index contributed by atoms with van der Waals surface area (Å²) in [4.78, 5) is 29.0. The van der Waals surface area contributed by atoms with Crippen molar-refractivity contribution in [2.24, 2.45) is 0 Å². The van der Waals surface area contributed by atoms with Crippen molar-refractivity contribution in [3.63, 3.8) is 0 Å². The van der Waals surface area contributed by atoms with E-state index >= 15 is 0 Å². The highest BCUT2D eigenvalue weighted by Crippen LogP contribution is 2.10. The van der Waals surface area contributed by atoms with Crippen LogP contribution < -0.4 is 5.32 Å². The van der Waals surface area contributed by atoms with Gasteiger partial charge in [0, 0.05) is 31.5 Å². The van der Waals surface area contributed by atoms with Crippen molar-refractivity contribution in [2.45, 2.75) is 20.3 Å². The number of esters is 1. The molecule has 6 nitrogen and oxygen atoms in total. The summed E-state index contributed by atoms with van der Waals surface area (Å²) in [5.41, 5.74) is 1.16. The van der Waals surface area contributed by atoms with Crippen LogP contribution in [0.25, 0.3) is 0 Å². The van der Waals surface area contributed by atoms with E-state index in [1.165, 1.54) is 7.11 Å². The van der Waals surface area contributed by atoms with Gasteiger partial charge < -0.3 is 15.0 Å². The molecular formula is C14H21N3O3. The number of carbonyl (C=O) groups excluding carboxylic acids is 2. The van der Waals surface area contributed by atoms with E-state index < -0.39 is 0 Å². The Bertz CT molecular complexity index is 459. The minimum atomic E-state index is -0.272. The average Bonchev–Trinajstić information content (AvgIpc) is 2.48. The van der Waals surface area contributed by atoms with Crippen LogP contribution in [0.4, 0.5) is 5.69 Å². The van der Waals surface area contributed by atoms with Crippen molar-refractivity contribution in [2.75, 3.05) is 32.1 Å². The Kier molecular flexibility index (Phi) is 6.49. The first kappa shape index (κ1) is 15.9. The molecule has 0 radical (unpaired) electrons. The van der Waals surface area contributed by atoms with Gasteiger partial charge in [0.2, 0.25) is 0 Å². The number of ether oxygens (including phenoxy) is 1. The fraction of sp³-hybridized carbons (Fsp3) is 0.500. The van der Waals surface area contributed by atoms with E-state index in [2.05, 4.69) is 15.0 Å². The number of methoxy groups -OCH3 is 1. The van der Waals surface area contributed by atoms with E-state index in [-0.39, 0.29) is 18.3 Å². The van der Waals surface area contributed by atoms with Crippen molar-refractivity contribution in [3.05, 3.63) is 24.0 Å². The molecule has 6 heteroatoms. The third-order valence-corrected chi connectivity index (χ3v) is 2.92. The molecule has 0 aliphatic heterocycles. The molecule has 0 bridgehead atoms. The van der Waals surface area contributed by atoms with E-state index in [0.717, 1.165) is 5.69 Å². The third kappa shape index (κ3) is 4.53. The van der Waals surface area contributed by atoms with Gasteiger partial charge in [0.15, 0.2) is 0 Å². The normalized spacial score (nSPS) is 9.95. The Balaban J connectivity index is 2.66. The number of rotatable bonds is 7. The fourth-order valence-corrected chi connectivity index (χ4v) is 1.74. The van der Waals surface area contributed by atoms with E-state index in [4.69, 9.17) is 0 Å². The van der Waals surface area contributed by atoms with Gasteiger partial charge in [-0.3, -0.25) is 14.6 Å². The molecule has 0 fully saturated rings. The summed E-state index contributed by atoms with van der Waals surface area (Å²) in [7, 11) is 1.36. The number of anilines is 1. The molecule has 1 aromatic heterocycles. The average molecular weight is 279 g/mol. The number of hydrogen-bond acceptors (Lipinski definition) is 5. The van der Waals surface area contributed by atoms with Crippen molar-refractivity contribution in [1.29, 1.82) is 0 Å². The van der Waals surface area contributed by atoms with Gasteiger partial charge in [0.05, 0.1) is 13.5 Å². The number of nitrogens with zero attached hydrogens (tertiary/aromatic N) is 2. The lowest BCUT2D eigenvalue weighted by molar-refractivity contribution is -0.140. The smallest absolute Gasteiger partial charge is 0.307 e. The lowest BCUT2D eigenvalue weighted by Crippen LogP contribution is -2.31. The molecule has 1 rings (SSSR count). The highest BCUT2D eigenvalue weighted by Gasteiger charge is 2.14. The van der Waals surface area contributed by atoms with Gasteiger partial charge in [-0.05, 0) is 26.0 Å². The number of pyridine rings is 1. The van der Waals surface area contributed by atoms with Crippen molar-refractivity contribution >= 4 is 17.6 Å². The molecule has 0 saturated carbocycles. The molecule has 1 N–H and O–H groups in total. The van der Waals surface area contributed by atoms with Crippen LogP contribution >= 0.6 is 0 Å². The van der Waals surface area contributed by atoms with Gasteiger partial charge in [0.1, 0.15) is 5.69 Å². The second-order valence-corrected chi connectivity index (χ2v) is 4.16. The number of carbonyl (C=O) groups is 2. The third-order valence-electron chi connectivity index (χ3n) is 2.92. The highest BCUT2D eigenvalue weighted by atomic mass is 16.5. The molecule has 1 aromatic rings. The first-order valence-corrected chi connectivity index (χ1v) is 6.68. The minimum absolute atomic E-state index is 0.0911. The van der Waals surface area contributed by atoms with Gasteiger partial charge >= 0.3 is 5.97 Å². The monoisotopic (exact) mass is 279 g/mol. The van der Waals surface area contributed by atoms with E-state index in [9.17, 15) is 9.59 Å². The number of aromatic nitrogens is 1. The zero-order valence-electron chi connectivity index (χ0n) is 12.2. The Morgan fingerprint density at radius 1 is 1.35 bits per heavy atom. The predicted octanol–water partition coefficient (Wildman–Crippen LogP) is 1.54. The summed E-state index contributed by atoms with van der Waals surface area (Å²) in [6.07, 6.45) is 1.86. The quantitative estimate of drug-likeness (QED) is 0.767. The Morgan fingerprint density at radius 3 is 2.65 bits per heavy atom. The van der Waals surface area contributed by atoms with Gasteiger partial charge in [-0.1, -0.05) is 0 Å². The Morgan fingerprint density at radius 2 is 2.05 bits per heavy atom. The van der Waals surface area contributed by atoms with Crippen LogP contribution in [-0.4, -0.2) is 48.5 Å². The molecule has 0 unspecified atom stereocenters. The zero-order chi connectivity index (χ0) is 15.0. The van der Waals surface area contributed by atoms with Gasteiger partial charge in [-0.25, -0.2) is 0 Å². The van der Waals surface area contributed by atoms with Crippen LogP contribution in [0.1, 0.15) is 30.8 Å². The van der Waals surface area contributed by atoms with Crippen LogP contribution in [0.2, 0.25) is 0 Å². The molecule has 1 heterocycles. The van der Waals surface area contributed by atoms with Crippen molar-refractivity contribution < 1.29 is 14.3 Å². The summed E-state index contributed by atoms with van der Waals surface area (Å²) in [5, 5.41) is 3.07. The van der Waals surface area contributed by atoms with Crippen LogP contribution in [-0.2, 0) is 9.53 Å². The molecule has 0 aromatic carbocycles. The fourth-order valence-electron chi connectivity index (χ4n) is 1.74. The first-order chi connectivity index (χ1) is 9.62. The SMILES string of the molecule is CCN(CC)C(=O)c1cc(NCCC(=O)OC)ccn1. The molecule has 0 aliphatic carbocycles. The van der Waals surface area contributed by atoms with E-state index in [1.807, 2.05) is 13.8 Å². The summed E-state index contributed by atoms with van der Waals surface area (Å²) in [6.45, 7) is 5.61. The second kappa shape index (κ2) is 8.14. The topological polar surface area (TPSA) is 71.5 Å². The maximum atomic E-state index is 12.1. The van der Waals surface area contributed by atoms with Gasteiger partial charge in [-0.2, -0.15) is 0 Å². The molecule has 20 heavy (non-hydrogen) atoms.